The summed E-state index contributed by atoms with van der Waals surface area (Å²) in [4.78, 5) is 12.7. The number of methoxy groups -OCH3 is 2. The van der Waals surface area contributed by atoms with E-state index in [0.29, 0.717) is 28.1 Å². The minimum absolute atomic E-state index is 0.0667. The Labute approximate surface area is 152 Å². The van der Waals surface area contributed by atoms with E-state index in [0.717, 1.165) is 11.4 Å². The maximum atomic E-state index is 12.7. The van der Waals surface area contributed by atoms with E-state index < -0.39 is 0 Å². The number of carbonyl (C=O) groups is 1. The largest absolute Gasteiger partial charge is 0.496 e. The van der Waals surface area contributed by atoms with Gasteiger partial charge in [-0.15, -0.1) is 10.2 Å². The molecule has 1 N–H and O–H groups in total. The molecule has 0 spiro atoms. The second kappa shape index (κ2) is 7.82. The lowest BCUT2D eigenvalue weighted by Crippen LogP contribution is -2.27. The predicted octanol–water partition coefficient (Wildman–Crippen LogP) is 4.13. The van der Waals surface area contributed by atoms with Gasteiger partial charge in [0.25, 0.3) is 5.91 Å². The van der Waals surface area contributed by atoms with Gasteiger partial charge in [-0.2, -0.15) is 0 Å². The number of hydrogen-bond donors (Lipinski definition) is 1. The Bertz CT molecular complexity index is 723. The third-order valence-electron chi connectivity index (χ3n) is 4.80. The van der Waals surface area contributed by atoms with Crippen LogP contribution < -0.4 is 14.8 Å². The van der Waals surface area contributed by atoms with Crippen molar-refractivity contribution in [1.82, 2.24) is 10.2 Å². The van der Waals surface area contributed by atoms with Gasteiger partial charge in [0.1, 0.15) is 22.1 Å². The van der Waals surface area contributed by atoms with Crippen molar-refractivity contribution in [3.63, 3.8) is 0 Å². The number of carbonyl (C=O) groups excluding carboxylic acids is 1. The molecule has 1 heterocycles. The molecule has 6 nitrogen and oxygen atoms in total. The first-order valence-electron chi connectivity index (χ1n) is 8.23. The quantitative estimate of drug-likeness (QED) is 0.800. The lowest BCUT2D eigenvalue weighted by atomic mass is 9.77. The molecule has 136 valence electrons. The van der Waals surface area contributed by atoms with Gasteiger partial charge >= 0.3 is 0 Å². The number of hydrogen-bond acceptors (Lipinski definition) is 6. The second-order valence-electron chi connectivity index (χ2n) is 6.33. The summed E-state index contributed by atoms with van der Waals surface area (Å²) in [5.74, 6) is 0.979. The number of aromatic nitrogens is 2. The van der Waals surface area contributed by atoms with Crippen molar-refractivity contribution in [3.8, 4) is 11.5 Å². The molecule has 1 amide bonds. The van der Waals surface area contributed by atoms with Gasteiger partial charge < -0.3 is 9.47 Å². The van der Waals surface area contributed by atoms with E-state index in [1.807, 2.05) is 0 Å². The summed E-state index contributed by atoms with van der Waals surface area (Å²) in [5, 5.41) is 12.6. The second-order valence-corrected chi connectivity index (χ2v) is 7.31. The standard InChI is InChI=1S/C18H25N3O3S/c1-7-18(4,11(2)3)16-20-21-17(25-16)19-15(22)14-12(23-5)9-8-10-13(14)24-6/h8-11H,7H2,1-6H3,(H,19,21,22). The number of ether oxygens (including phenoxy) is 2. The average molecular weight is 363 g/mol. The summed E-state index contributed by atoms with van der Waals surface area (Å²) < 4.78 is 10.6. The van der Waals surface area contributed by atoms with Crippen LogP contribution >= 0.6 is 11.3 Å². The van der Waals surface area contributed by atoms with Gasteiger partial charge in [0.2, 0.25) is 5.13 Å². The SMILES string of the molecule is CCC(C)(c1nnc(NC(=O)c2c(OC)cccc2OC)s1)C(C)C. The van der Waals surface area contributed by atoms with E-state index in [-0.39, 0.29) is 11.3 Å². The van der Waals surface area contributed by atoms with Crippen LogP contribution in [0.15, 0.2) is 18.2 Å². The van der Waals surface area contributed by atoms with Crippen LogP contribution in [0.4, 0.5) is 5.13 Å². The van der Waals surface area contributed by atoms with Gasteiger partial charge in [0, 0.05) is 5.41 Å². The van der Waals surface area contributed by atoms with Crippen LogP contribution in [0, 0.1) is 5.92 Å². The molecule has 0 radical (unpaired) electrons. The summed E-state index contributed by atoms with van der Waals surface area (Å²) >= 11 is 1.41. The highest BCUT2D eigenvalue weighted by atomic mass is 32.1. The van der Waals surface area contributed by atoms with Gasteiger partial charge in [-0.1, -0.05) is 45.1 Å². The maximum Gasteiger partial charge on any atom is 0.265 e. The molecule has 0 aliphatic carbocycles. The number of nitrogens with one attached hydrogen (secondary N) is 1. The summed E-state index contributed by atoms with van der Waals surface area (Å²) in [5.41, 5.74) is 0.273. The van der Waals surface area contributed by atoms with Crippen molar-refractivity contribution in [2.75, 3.05) is 19.5 Å². The zero-order valence-corrected chi connectivity index (χ0v) is 16.4. The van der Waals surface area contributed by atoms with Crippen molar-refractivity contribution in [3.05, 3.63) is 28.8 Å². The summed E-state index contributed by atoms with van der Waals surface area (Å²) in [7, 11) is 3.04. The van der Waals surface area contributed by atoms with Gasteiger partial charge in [-0.25, -0.2) is 0 Å². The van der Waals surface area contributed by atoms with Crippen molar-refractivity contribution in [1.29, 1.82) is 0 Å². The van der Waals surface area contributed by atoms with E-state index in [4.69, 9.17) is 9.47 Å². The molecule has 25 heavy (non-hydrogen) atoms. The number of benzene rings is 1. The zero-order chi connectivity index (χ0) is 18.6. The topological polar surface area (TPSA) is 73.3 Å². The number of anilines is 1. The first-order valence-corrected chi connectivity index (χ1v) is 9.05. The Morgan fingerprint density at radius 1 is 1.24 bits per heavy atom. The van der Waals surface area contributed by atoms with Crippen LogP contribution in [0.25, 0.3) is 0 Å². The Morgan fingerprint density at radius 3 is 2.32 bits per heavy atom. The number of nitrogens with zero attached hydrogens (tertiary/aromatic N) is 2. The molecule has 0 aliphatic heterocycles. The fourth-order valence-electron chi connectivity index (χ4n) is 2.55. The first kappa shape index (κ1) is 19.2. The van der Waals surface area contributed by atoms with Gasteiger partial charge in [-0.05, 0) is 24.5 Å². The third-order valence-corrected chi connectivity index (χ3v) is 5.92. The van der Waals surface area contributed by atoms with Crippen molar-refractivity contribution in [2.45, 2.75) is 39.5 Å². The summed E-state index contributed by atoms with van der Waals surface area (Å²) in [6.45, 7) is 8.65. The fraction of sp³-hybridized carbons (Fsp3) is 0.500. The normalized spacial score (nSPS) is 13.4. The van der Waals surface area contributed by atoms with Crippen LogP contribution in [0.3, 0.4) is 0 Å². The van der Waals surface area contributed by atoms with E-state index in [1.54, 1.807) is 18.2 Å². The molecule has 1 aromatic heterocycles. The Morgan fingerprint density at radius 2 is 1.84 bits per heavy atom. The van der Waals surface area contributed by atoms with Crippen molar-refractivity contribution >= 4 is 22.4 Å². The zero-order valence-electron chi connectivity index (χ0n) is 15.5. The van der Waals surface area contributed by atoms with Crippen molar-refractivity contribution in [2.24, 2.45) is 5.92 Å². The first-order chi connectivity index (χ1) is 11.9. The highest BCUT2D eigenvalue weighted by molar-refractivity contribution is 7.15. The molecule has 0 bridgehead atoms. The molecule has 1 aromatic carbocycles. The average Bonchev–Trinajstić information content (AvgIpc) is 3.08. The Hall–Kier alpha value is -2.15. The van der Waals surface area contributed by atoms with Gasteiger partial charge in [0.05, 0.1) is 14.2 Å². The third kappa shape index (κ3) is 3.76. The Kier molecular flexibility index (Phi) is 6.00. The highest BCUT2D eigenvalue weighted by Crippen LogP contribution is 2.38. The summed E-state index contributed by atoms with van der Waals surface area (Å²) in [6.07, 6.45) is 0.952. The highest BCUT2D eigenvalue weighted by Gasteiger charge is 2.32. The van der Waals surface area contributed by atoms with Crippen LogP contribution in [-0.4, -0.2) is 30.3 Å². The van der Waals surface area contributed by atoms with Crippen LogP contribution in [0.2, 0.25) is 0 Å². The molecule has 0 fully saturated rings. The van der Waals surface area contributed by atoms with Crippen molar-refractivity contribution < 1.29 is 14.3 Å². The minimum Gasteiger partial charge on any atom is -0.496 e. The lowest BCUT2D eigenvalue weighted by Gasteiger charge is -2.29. The lowest BCUT2D eigenvalue weighted by molar-refractivity contribution is 0.102. The molecular weight excluding hydrogens is 338 g/mol. The van der Waals surface area contributed by atoms with Gasteiger partial charge in [0.15, 0.2) is 0 Å². The van der Waals surface area contributed by atoms with Crippen LogP contribution in [0.5, 0.6) is 11.5 Å². The van der Waals surface area contributed by atoms with E-state index in [2.05, 4.69) is 43.2 Å². The molecule has 0 saturated carbocycles. The molecule has 7 heteroatoms. The molecule has 2 aromatic rings. The van der Waals surface area contributed by atoms with Gasteiger partial charge in [-0.3, -0.25) is 10.1 Å². The predicted molar refractivity (Wildman–Crippen MR) is 99.9 cm³/mol. The number of amides is 1. The van der Waals surface area contributed by atoms with E-state index in [1.165, 1.54) is 25.6 Å². The fourth-order valence-corrected chi connectivity index (χ4v) is 3.65. The molecule has 1 atom stereocenters. The Balaban J connectivity index is 2.29. The molecule has 2 rings (SSSR count). The van der Waals surface area contributed by atoms with Crippen LogP contribution in [0.1, 0.15) is 49.5 Å². The van der Waals surface area contributed by atoms with E-state index >= 15 is 0 Å². The smallest absolute Gasteiger partial charge is 0.265 e. The number of rotatable bonds is 7. The van der Waals surface area contributed by atoms with Crippen LogP contribution in [-0.2, 0) is 5.41 Å². The van der Waals surface area contributed by atoms with E-state index in [9.17, 15) is 4.79 Å². The monoisotopic (exact) mass is 363 g/mol. The minimum atomic E-state index is -0.334. The molecule has 0 saturated heterocycles. The molecule has 1 unspecified atom stereocenters. The maximum absolute atomic E-state index is 12.7. The molecular formula is C18H25N3O3S. The molecule has 0 aliphatic rings. The summed E-state index contributed by atoms with van der Waals surface area (Å²) in [6, 6.07) is 5.21.